The molecule has 11 N–H and O–H groups in total. The van der Waals surface area contributed by atoms with Crippen LogP contribution >= 0.6 is 0 Å². The van der Waals surface area contributed by atoms with E-state index in [1.807, 2.05) is 0 Å². The molecule has 0 aliphatic carbocycles. The van der Waals surface area contributed by atoms with Crippen molar-refractivity contribution in [2.45, 2.75) is 107 Å². The highest BCUT2D eigenvalue weighted by Gasteiger charge is 2.52. The van der Waals surface area contributed by atoms with Gasteiger partial charge in [0.15, 0.2) is 18.7 Å². The molecule has 3 heterocycles. The predicted molar refractivity (Wildman–Crippen MR) is 140 cm³/mol. The number of amides is 2. The monoisotopic (exact) mass is 622 g/mol. The van der Waals surface area contributed by atoms with Crippen LogP contribution in [-0.2, 0) is 28.5 Å². The zero-order valence-corrected chi connectivity index (χ0v) is 23.9. The van der Waals surface area contributed by atoms with E-state index in [9.17, 15) is 45.3 Å². The molecule has 1 aromatic heterocycles. The molecule has 2 amide bonds. The maximum absolute atomic E-state index is 12.9. The number of nitrogens with two attached hydrogens (primary N) is 1. The smallest absolute Gasteiger partial charge is 0.404 e. The fourth-order valence-corrected chi connectivity index (χ4v) is 4.88. The molecule has 2 aliphatic rings. The van der Waals surface area contributed by atoms with Gasteiger partial charge in [0.2, 0.25) is 5.91 Å². The van der Waals surface area contributed by atoms with Gasteiger partial charge in [0.05, 0.1) is 50.0 Å². The molecule has 246 valence electrons. The summed E-state index contributed by atoms with van der Waals surface area (Å²) in [7, 11) is 0. The van der Waals surface area contributed by atoms with Gasteiger partial charge in [-0.1, -0.05) is 13.8 Å². The molecule has 0 bridgehead atoms. The maximum atomic E-state index is 12.9. The number of aromatic nitrogens is 2. The van der Waals surface area contributed by atoms with Crippen LogP contribution in [0.2, 0.25) is 0 Å². The Morgan fingerprint density at radius 2 is 1.63 bits per heavy atom. The molecule has 0 radical (unpaired) electrons. The van der Waals surface area contributed by atoms with Crippen molar-refractivity contribution in [3.8, 4) is 0 Å². The van der Waals surface area contributed by atoms with Crippen LogP contribution in [0.4, 0.5) is 4.79 Å². The minimum atomic E-state index is -1.91. The standard InChI is InChI=1S/C25H42N4O14/c1-9(2)16(33)10(3)29-15(32)4-12(11-5-27-8-28-11)39-24-22(19(36)17(34)13(6-30)41-24)42-23-20(37)21(43-25(26)38)18(35)14(7-31)40-23/h5,8-10,12-14,16-24,30-31,33-37H,4,6-7H2,1-3H3,(H2,26,38)(H,27,28)(H,29,32)/t10-,12-,13?,14?,16+,17?,18?,19?,20?,21?,22?,23?,24?/m1/s1. The van der Waals surface area contributed by atoms with Crippen LogP contribution in [0.15, 0.2) is 12.5 Å². The van der Waals surface area contributed by atoms with E-state index in [0.29, 0.717) is 5.69 Å². The van der Waals surface area contributed by atoms with E-state index in [4.69, 9.17) is 29.4 Å². The van der Waals surface area contributed by atoms with E-state index < -0.39 is 105 Å². The first kappa shape index (κ1) is 35.0. The maximum Gasteiger partial charge on any atom is 0.404 e. The Morgan fingerprint density at radius 3 is 2.19 bits per heavy atom. The molecule has 2 aliphatic heterocycles. The predicted octanol–water partition coefficient (Wildman–Crippen LogP) is -3.89. The molecule has 2 fully saturated rings. The van der Waals surface area contributed by atoms with E-state index in [-0.39, 0.29) is 12.3 Å². The topological polar surface area (TPSA) is 289 Å². The van der Waals surface area contributed by atoms with E-state index >= 15 is 0 Å². The zero-order chi connectivity index (χ0) is 32.0. The second kappa shape index (κ2) is 15.5. The molecule has 18 nitrogen and oxygen atoms in total. The van der Waals surface area contributed by atoms with Crippen molar-refractivity contribution in [1.29, 1.82) is 0 Å². The van der Waals surface area contributed by atoms with Gasteiger partial charge in [-0.25, -0.2) is 9.78 Å². The molecular formula is C25H42N4O14. The van der Waals surface area contributed by atoms with Crippen molar-refractivity contribution in [1.82, 2.24) is 15.3 Å². The number of aromatic amines is 1. The Kier molecular flexibility index (Phi) is 12.6. The molecular weight excluding hydrogens is 580 g/mol. The van der Waals surface area contributed by atoms with Gasteiger partial charge in [0, 0.05) is 0 Å². The van der Waals surface area contributed by atoms with Gasteiger partial charge in [-0.15, -0.1) is 0 Å². The van der Waals surface area contributed by atoms with Gasteiger partial charge in [0.25, 0.3) is 0 Å². The number of imidazole rings is 1. The van der Waals surface area contributed by atoms with Crippen LogP contribution in [0.25, 0.3) is 0 Å². The van der Waals surface area contributed by atoms with Gasteiger partial charge in [0.1, 0.15) is 48.8 Å². The van der Waals surface area contributed by atoms with E-state index in [0.717, 1.165) is 0 Å². The number of carbonyl (C=O) groups is 2. The summed E-state index contributed by atoms with van der Waals surface area (Å²) in [5.41, 5.74) is 5.33. The van der Waals surface area contributed by atoms with E-state index in [1.54, 1.807) is 20.8 Å². The third kappa shape index (κ3) is 8.58. The molecule has 3 rings (SSSR count). The summed E-state index contributed by atoms with van der Waals surface area (Å²) < 4.78 is 27.7. The molecule has 2 saturated heterocycles. The van der Waals surface area contributed by atoms with Crippen molar-refractivity contribution in [3.63, 3.8) is 0 Å². The minimum Gasteiger partial charge on any atom is -0.441 e. The molecule has 0 aromatic carbocycles. The van der Waals surface area contributed by atoms with Crippen molar-refractivity contribution in [2.24, 2.45) is 11.7 Å². The molecule has 43 heavy (non-hydrogen) atoms. The number of hydrogen-bond donors (Lipinski definition) is 10. The fraction of sp³-hybridized carbons (Fsp3) is 0.800. The largest absolute Gasteiger partial charge is 0.441 e. The first-order valence-corrected chi connectivity index (χ1v) is 13.8. The Balaban J connectivity index is 1.86. The molecule has 0 spiro atoms. The number of aliphatic hydroxyl groups is 7. The SMILES string of the molecule is CC(C)[C@H](O)[C@@H](C)NC(=O)C[C@@H](OC1OC(CO)C(O)C(O)C1OC1OC(CO)C(O)C(OC(N)=O)C1O)c1cnc[nH]1. The Hall–Kier alpha value is -2.49. The number of carbonyl (C=O) groups excluding carboxylic acids is 2. The summed E-state index contributed by atoms with van der Waals surface area (Å²) in [6, 6.07) is -0.608. The van der Waals surface area contributed by atoms with Crippen molar-refractivity contribution >= 4 is 12.0 Å². The number of nitrogens with zero attached hydrogens (tertiary/aromatic N) is 1. The summed E-state index contributed by atoms with van der Waals surface area (Å²) >= 11 is 0. The van der Waals surface area contributed by atoms with E-state index in [2.05, 4.69) is 15.3 Å². The van der Waals surface area contributed by atoms with Crippen molar-refractivity contribution in [3.05, 3.63) is 18.2 Å². The molecule has 1 aromatic rings. The quantitative estimate of drug-likeness (QED) is 0.101. The highest BCUT2D eigenvalue weighted by atomic mass is 16.8. The van der Waals surface area contributed by atoms with Crippen LogP contribution in [0.1, 0.15) is 39.0 Å². The third-order valence-corrected chi connectivity index (χ3v) is 7.31. The van der Waals surface area contributed by atoms with Gasteiger partial charge in [-0.3, -0.25) is 4.79 Å². The minimum absolute atomic E-state index is 0.135. The van der Waals surface area contributed by atoms with Crippen LogP contribution in [0, 0.1) is 5.92 Å². The Bertz CT molecular complexity index is 1020. The second-order valence-electron chi connectivity index (χ2n) is 10.8. The highest BCUT2D eigenvalue weighted by Crippen LogP contribution is 2.33. The number of nitrogens with one attached hydrogen (secondary N) is 2. The van der Waals surface area contributed by atoms with Gasteiger partial charge >= 0.3 is 6.09 Å². The summed E-state index contributed by atoms with van der Waals surface area (Å²) in [6.45, 7) is 3.67. The van der Waals surface area contributed by atoms with Gasteiger partial charge < -0.3 is 75.5 Å². The summed E-state index contributed by atoms with van der Waals surface area (Å²) in [5.74, 6) is -0.666. The number of H-pyrrole nitrogens is 1. The molecule has 0 saturated carbocycles. The molecule has 13 atom stereocenters. The fourth-order valence-electron chi connectivity index (χ4n) is 4.88. The van der Waals surface area contributed by atoms with Crippen LogP contribution in [-0.4, -0.2) is 144 Å². The van der Waals surface area contributed by atoms with Crippen LogP contribution in [0.5, 0.6) is 0 Å². The lowest BCUT2D eigenvalue weighted by molar-refractivity contribution is -0.371. The first-order valence-electron chi connectivity index (χ1n) is 13.8. The molecule has 10 unspecified atom stereocenters. The lowest BCUT2D eigenvalue weighted by Gasteiger charge is -2.46. The lowest BCUT2D eigenvalue weighted by Crippen LogP contribution is -2.65. The highest BCUT2D eigenvalue weighted by molar-refractivity contribution is 5.77. The van der Waals surface area contributed by atoms with Gasteiger partial charge in [-0.05, 0) is 12.8 Å². The summed E-state index contributed by atoms with van der Waals surface area (Å²) in [5, 5.41) is 75.0. The van der Waals surface area contributed by atoms with E-state index in [1.165, 1.54) is 12.5 Å². The van der Waals surface area contributed by atoms with Gasteiger partial charge in [-0.2, -0.15) is 0 Å². The Labute approximate surface area is 246 Å². The lowest BCUT2D eigenvalue weighted by atomic mass is 9.97. The Morgan fingerprint density at radius 1 is 1.00 bits per heavy atom. The number of rotatable bonds is 13. The average Bonchev–Trinajstić information content (AvgIpc) is 3.50. The number of aliphatic hydroxyl groups excluding tert-OH is 7. The second-order valence-corrected chi connectivity index (χ2v) is 10.8. The number of ether oxygens (including phenoxy) is 5. The molecule has 18 heteroatoms. The van der Waals surface area contributed by atoms with Crippen LogP contribution < -0.4 is 11.1 Å². The first-order chi connectivity index (χ1) is 20.3. The normalized spacial score (nSPS) is 35.2. The summed E-state index contributed by atoms with van der Waals surface area (Å²) in [6.07, 6.45) is -17.8. The number of primary amides is 1. The van der Waals surface area contributed by atoms with Crippen molar-refractivity contribution in [2.75, 3.05) is 13.2 Å². The van der Waals surface area contributed by atoms with Crippen molar-refractivity contribution < 1.29 is 69.0 Å². The third-order valence-electron chi connectivity index (χ3n) is 7.31. The van der Waals surface area contributed by atoms with Crippen LogP contribution in [0.3, 0.4) is 0 Å². The average molecular weight is 623 g/mol. The summed E-state index contributed by atoms with van der Waals surface area (Å²) in [4.78, 5) is 31.1. The number of hydrogen-bond acceptors (Lipinski definition) is 15. The zero-order valence-electron chi connectivity index (χ0n) is 23.9.